The first kappa shape index (κ1) is 58.9. The number of carbonyl (C=O) groups is 3. The van der Waals surface area contributed by atoms with Gasteiger partial charge in [-0.25, -0.2) is 0 Å². The summed E-state index contributed by atoms with van der Waals surface area (Å²) in [5.41, 5.74) is 0. The Morgan fingerprint density at radius 2 is 0.694 bits per heavy atom. The Morgan fingerprint density at radius 3 is 1.16 bits per heavy atom. The second-order valence-corrected chi connectivity index (χ2v) is 17.1. The van der Waals surface area contributed by atoms with E-state index in [0.717, 1.165) is 103 Å². The third-order valence-electron chi connectivity index (χ3n) is 10.9. The van der Waals surface area contributed by atoms with Crippen molar-refractivity contribution in [2.45, 2.75) is 252 Å². The Hall–Kier alpha value is -3.15. The van der Waals surface area contributed by atoms with E-state index >= 15 is 0 Å². The Bertz CT molecular complexity index is 1180. The third kappa shape index (κ3) is 47.9. The number of rotatable bonds is 46. The Kier molecular flexibility index (Phi) is 47.9. The maximum atomic E-state index is 12.8. The lowest BCUT2D eigenvalue weighted by atomic mass is 10.1. The highest BCUT2D eigenvalue weighted by Crippen LogP contribution is 2.14. The van der Waals surface area contributed by atoms with Gasteiger partial charge in [0.2, 0.25) is 0 Å². The first-order chi connectivity index (χ1) is 30.5. The standard InChI is InChI=1S/C56H96O6/c1-4-7-10-13-16-19-22-24-26-27-28-29-30-32-34-37-40-43-46-49-55(58)61-52-53(51-60-54(57)48-45-42-39-36-33-21-18-15-12-9-6-3)62-56(59)50-47-44-41-38-35-31-25-23-20-17-14-11-8-5-2/h8,11,15,17-18,20-21,25,27-28,31,33,53H,4-7,9-10,12-14,16,19,22-24,26,29-30,32,34-52H2,1-3H3/b11-8-,18-15-,20-17-,28-27-,31-25-,33-21-. The highest BCUT2D eigenvalue weighted by Gasteiger charge is 2.19. The maximum absolute atomic E-state index is 12.8. The average molecular weight is 865 g/mol. The van der Waals surface area contributed by atoms with Crippen LogP contribution in [0.2, 0.25) is 0 Å². The number of unbranched alkanes of at least 4 members (excludes halogenated alkanes) is 24. The molecule has 0 aromatic carbocycles. The molecule has 0 aliphatic rings. The first-order valence-corrected chi connectivity index (χ1v) is 26.0. The predicted molar refractivity (Wildman–Crippen MR) is 265 cm³/mol. The molecule has 0 rings (SSSR count). The van der Waals surface area contributed by atoms with Gasteiger partial charge in [-0.15, -0.1) is 0 Å². The van der Waals surface area contributed by atoms with Crippen LogP contribution in [0, 0.1) is 0 Å². The van der Waals surface area contributed by atoms with E-state index in [1.807, 2.05) is 0 Å². The lowest BCUT2D eigenvalue weighted by Crippen LogP contribution is -2.30. The van der Waals surface area contributed by atoms with Crippen LogP contribution in [0.25, 0.3) is 0 Å². The minimum Gasteiger partial charge on any atom is -0.462 e. The van der Waals surface area contributed by atoms with Crippen molar-refractivity contribution in [3.63, 3.8) is 0 Å². The lowest BCUT2D eigenvalue weighted by molar-refractivity contribution is -0.167. The molecule has 0 heterocycles. The largest absolute Gasteiger partial charge is 0.462 e. The zero-order chi connectivity index (χ0) is 45.1. The maximum Gasteiger partial charge on any atom is 0.306 e. The zero-order valence-electron chi connectivity index (χ0n) is 40.6. The summed E-state index contributed by atoms with van der Waals surface area (Å²) in [5.74, 6) is -0.951. The normalized spacial score (nSPS) is 12.6. The van der Waals surface area contributed by atoms with E-state index in [0.29, 0.717) is 19.3 Å². The summed E-state index contributed by atoms with van der Waals surface area (Å²) < 4.78 is 16.7. The van der Waals surface area contributed by atoms with Crippen molar-refractivity contribution in [3.8, 4) is 0 Å². The van der Waals surface area contributed by atoms with E-state index in [9.17, 15) is 14.4 Å². The van der Waals surface area contributed by atoms with E-state index in [4.69, 9.17) is 14.2 Å². The van der Waals surface area contributed by atoms with Crippen molar-refractivity contribution in [1.29, 1.82) is 0 Å². The topological polar surface area (TPSA) is 78.9 Å². The van der Waals surface area contributed by atoms with Gasteiger partial charge in [-0.2, -0.15) is 0 Å². The van der Waals surface area contributed by atoms with Crippen LogP contribution >= 0.6 is 0 Å². The van der Waals surface area contributed by atoms with Crippen LogP contribution in [-0.2, 0) is 28.6 Å². The minimum atomic E-state index is -0.798. The van der Waals surface area contributed by atoms with Crippen LogP contribution in [0.15, 0.2) is 72.9 Å². The summed E-state index contributed by atoms with van der Waals surface area (Å²) >= 11 is 0. The molecule has 0 N–H and O–H groups in total. The SMILES string of the molecule is CC/C=C\C/C=C\C/C=C\CCCCCCC(=O)OC(COC(=O)CCCCC/C=C\C=C/CCCC)COC(=O)CCCCCCCCC/C=C\CCCCCCCCCC. The predicted octanol–water partition coefficient (Wildman–Crippen LogP) is 17.0. The molecular formula is C56H96O6. The fourth-order valence-corrected chi connectivity index (χ4v) is 7.02. The quantitative estimate of drug-likeness (QED) is 0.0199. The van der Waals surface area contributed by atoms with Crippen LogP contribution in [0.1, 0.15) is 245 Å². The summed E-state index contributed by atoms with van der Waals surface area (Å²) in [6.07, 6.45) is 63.2. The second kappa shape index (κ2) is 50.5. The molecule has 0 aliphatic heterocycles. The number of hydrogen-bond acceptors (Lipinski definition) is 6. The van der Waals surface area contributed by atoms with Gasteiger partial charge >= 0.3 is 17.9 Å². The second-order valence-electron chi connectivity index (χ2n) is 17.1. The van der Waals surface area contributed by atoms with Crippen molar-refractivity contribution in [2.24, 2.45) is 0 Å². The zero-order valence-corrected chi connectivity index (χ0v) is 40.6. The Labute approximate surface area is 382 Å². The number of allylic oxidation sites excluding steroid dienone is 12. The van der Waals surface area contributed by atoms with Gasteiger partial charge in [0, 0.05) is 19.3 Å². The van der Waals surface area contributed by atoms with Crippen LogP contribution < -0.4 is 0 Å². The van der Waals surface area contributed by atoms with Gasteiger partial charge in [-0.3, -0.25) is 14.4 Å². The molecule has 0 aliphatic carbocycles. The number of ether oxygens (including phenoxy) is 3. The molecule has 356 valence electrons. The molecule has 6 nitrogen and oxygen atoms in total. The third-order valence-corrected chi connectivity index (χ3v) is 10.9. The van der Waals surface area contributed by atoms with Gasteiger partial charge in [0.15, 0.2) is 6.10 Å². The summed E-state index contributed by atoms with van der Waals surface area (Å²) in [6.45, 7) is 6.42. The van der Waals surface area contributed by atoms with E-state index in [1.54, 1.807) is 0 Å². The fraction of sp³-hybridized carbons (Fsp3) is 0.732. The molecule has 1 unspecified atom stereocenters. The Morgan fingerprint density at radius 1 is 0.355 bits per heavy atom. The molecule has 0 bridgehead atoms. The number of esters is 3. The van der Waals surface area contributed by atoms with E-state index in [-0.39, 0.29) is 31.1 Å². The highest BCUT2D eigenvalue weighted by molar-refractivity contribution is 5.71. The van der Waals surface area contributed by atoms with Crippen LogP contribution in [0.3, 0.4) is 0 Å². The van der Waals surface area contributed by atoms with Crippen LogP contribution in [-0.4, -0.2) is 37.2 Å². The van der Waals surface area contributed by atoms with Crippen molar-refractivity contribution in [3.05, 3.63) is 72.9 Å². The van der Waals surface area contributed by atoms with Gasteiger partial charge in [-0.05, 0) is 96.3 Å². The molecule has 0 saturated heterocycles. The lowest BCUT2D eigenvalue weighted by Gasteiger charge is -2.18. The number of carbonyl (C=O) groups excluding carboxylic acids is 3. The van der Waals surface area contributed by atoms with Gasteiger partial charge in [-0.1, -0.05) is 203 Å². The molecular weight excluding hydrogens is 769 g/mol. The fourth-order valence-electron chi connectivity index (χ4n) is 7.02. The summed E-state index contributed by atoms with van der Waals surface area (Å²) in [6, 6.07) is 0. The molecule has 0 amide bonds. The van der Waals surface area contributed by atoms with Gasteiger partial charge in [0.25, 0.3) is 0 Å². The first-order valence-electron chi connectivity index (χ1n) is 26.0. The van der Waals surface area contributed by atoms with Gasteiger partial charge in [0.1, 0.15) is 13.2 Å². The molecule has 1 atom stereocenters. The van der Waals surface area contributed by atoms with E-state index in [1.165, 1.54) is 103 Å². The molecule has 0 spiro atoms. The Balaban J connectivity index is 4.39. The van der Waals surface area contributed by atoms with Crippen molar-refractivity contribution in [2.75, 3.05) is 13.2 Å². The monoisotopic (exact) mass is 865 g/mol. The van der Waals surface area contributed by atoms with Gasteiger partial charge < -0.3 is 14.2 Å². The molecule has 0 aromatic rings. The van der Waals surface area contributed by atoms with Crippen molar-refractivity contribution >= 4 is 17.9 Å². The highest BCUT2D eigenvalue weighted by atomic mass is 16.6. The summed E-state index contributed by atoms with van der Waals surface area (Å²) in [7, 11) is 0. The summed E-state index contributed by atoms with van der Waals surface area (Å²) in [4.78, 5) is 37.9. The van der Waals surface area contributed by atoms with E-state index < -0.39 is 6.10 Å². The molecule has 0 radical (unpaired) electrons. The van der Waals surface area contributed by atoms with E-state index in [2.05, 4.69) is 93.7 Å². The van der Waals surface area contributed by atoms with Crippen molar-refractivity contribution < 1.29 is 28.6 Å². The summed E-state index contributed by atoms with van der Waals surface area (Å²) in [5, 5.41) is 0. The molecule has 62 heavy (non-hydrogen) atoms. The van der Waals surface area contributed by atoms with Gasteiger partial charge in [0.05, 0.1) is 0 Å². The van der Waals surface area contributed by atoms with Crippen LogP contribution in [0.4, 0.5) is 0 Å². The molecule has 0 saturated carbocycles. The molecule has 6 heteroatoms. The molecule has 0 aromatic heterocycles. The molecule has 0 fully saturated rings. The van der Waals surface area contributed by atoms with Crippen LogP contribution in [0.5, 0.6) is 0 Å². The minimum absolute atomic E-state index is 0.0956. The number of hydrogen-bond donors (Lipinski definition) is 0. The average Bonchev–Trinajstić information content (AvgIpc) is 3.27. The smallest absolute Gasteiger partial charge is 0.306 e. The van der Waals surface area contributed by atoms with Crippen molar-refractivity contribution in [1.82, 2.24) is 0 Å².